The van der Waals surface area contributed by atoms with Gasteiger partial charge in [0.2, 0.25) is 5.78 Å². The molecule has 0 N–H and O–H groups in total. The van der Waals surface area contributed by atoms with Crippen LogP contribution in [0.1, 0.15) is 30.2 Å². The molecule has 0 aliphatic rings. The molecule has 5 aromatic rings. The van der Waals surface area contributed by atoms with Crippen LogP contribution in [0.3, 0.4) is 0 Å². The molecule has 31 heavy (non-hydrogen) atoms. The number of thiazole rings is 1. The predicted molar refractivity (Wildman–Crippen MR) is 127 cm³/mol. The molecule has 0 radical (unpaired) electrons. The summed E-state index contributed by atoms with van der Waals surface area (Å²) < 4.78 is 3.50. The molecule has 2 aromatic carbocycles. The fourth-order valence-corrected chi connectivity index (χ4v) is 5.44. The molecule has 0 amide bonds. The highest BCUT2D eigenvalue weighted by atomic mass is 32.2. The molecule has 3 aromatic heterocycles. The largest absolute Gasteiger partial charge is 0.279 e. The molecular formula is C23H21N5OS2. The lowest BCUT2D eigenvalue weighted by molar-refractivity contribution is 0.853. The number of thioether (sulfide) groups is 1. The standard InChI is InChI=1S/C23H21N5OS2/c1-14(2)15-8-10-16(11-9-15)20-24-12-17(31-20)13-30-23-26-25-22-27(3)21(29)18-6-4-5-7-19(18)28(22)23/h4-12,14H,13H2,1-3H3. The van der Waals surface area contributed by atoms with Crippen molar-refractivity contribution in [1.82, 2.24) is 24.1 Å². The molecule has 156 valence electrons. The molecule has 0 fully saturated rings. The summed E-state index contributed by atoms with van der Waals surface area (Å²) >= 11 is 3.29. The van der Waals surface area contributed by atoms with Gasteiger partial charge in [0.05, 0.1) is 10.9 Å². The number of para-hydroxylation sites is 1. The Bertz CT molecular complexity index is 1450. The third kappa shape index (κ3) is 3.55. The predicted octanol–water partition coefficient (Wildman–Crippen LogP) is 5.12. The second-order valence-electron chi connectivity index (χ2n) is 7.70. The number of hydrogen-bond donors (Lipinski definition) is 0. The molecule has 0 aliphatic heterocycles. The van der Waals surface area contributed by atoms with Crippen LogP contribution >= 0.6 is 23.1 Å². The van der Waals surface area contributed by atoms with Crippen LogP contribution in [-0.2, 0) is 12.8 Å². The zero-order chi connectivity index (χ0) is 21.5. The van der Waals surface area contributed by atoms with Crippen molar-refractivity contribution in [2.24, 2.45) is 7.05 Å². The van der Waals surface area contributed by atoms with E-state index in [2.05, 4.69) is 53.3 Å². The average molecular weight is 448 g/mol. The van der Waals surface area contributed by atoms with Crippen molar-refractivity contribution in [3.05, 3.63) is 75.5 Å². The van der Waals surface area contributed by atoms with E-state index < -0.39 is 0 Å². The van der Waals surface area contributed by atoms with E-state index >= 15 is 0 Å². The number of benzene rings is 2. The van der Waals surface area contributed by atoms with Gasteiger partial charge in [0, 0.05) is 29.4 Å². The number of rotatable bonds is 5. The van der Waals surface area contributed by atoms with Crippen LogP contribution < -0.4 is 5.56 Å². The van der Waals surface area contributed by atoms with Gasteiger partial charge in [0.25, 0.3) is 5.56 Å². The summed E-state index contributed by atoms with van der Waals surface area (Å²) in [5.41, 5.74) is 3.22. The van der Waals surface area contributed by atoms with Gasteiger partial charge < -0.3 is 0 Å². The van der Waals surface area contributed by atoms with E-state index in [1.165, 1.54) is 10.4 Å². The van der Waals surface area contributed by atoms with Crippen molar-refractivity contribution < 1.29 is 0 Å². The first-order chi connectivity index (χ1) is 15.0. The molecule has 0 atom stereocenters. The Morgan fingerprint density at radius 3 is 2.61 bits per heavy atom. The fourth-order valence-electron chi connectivity index (χ4n) is 3.56. The van der Waals surface area contributed by atoms with E-state index in [1.807, 2.05) is 34.9 Å². The minimum Gasteiger partial charge on any atom is -0.279 e. The Morgan fingerprint density at radius 1 is 1.06 bits per heavy atom. The fraction of sp³-hybridized carbons (Fsp3) is 0.217. The lowest BCUT2D eigenvalue weighted by Gasteiger charge is -2.07. The molecule has 0 saturated carbocycles. The lowest BCUT2D eigenvalue weighted by Crippen LogP contribution is -2.20. The molecule has 0 aliphatic carbocycles. The van der Waals surface area contributed by atoms with E-state index in [-0.39, 0.29) is 5.56 Å². The Kier molecular flexibility index (Phi) is 5.11. The van der Waals surface area contributed by atoms with E-state index in [1.54, 1.807) is 34.7 Å². The summed E-state index contributed by atoms with van der Waals surface area (Å²) in [6, 6.07) is 16.2. The number of aryl methyl sites for hydroxylation is 1. The molecule has 0 saturated heterocycles. The van der Waals surface area contributed by atoms with Crippen LogP contribution in [0.4, 0.5) is 0 Å². The molecule has 8 heteroatoms. The summed E-state index contributed by atoms with van der Waals surface area (Å²) in [6.07, 6.45) is 1.93. The van der Waals surface area contributed by atoms with Crippen LogP contribution in [0.25, 0.3) is 27.3 Å². The average Bonchev–Trinajstić information content (AvgIpc) is 3.43. The molecule has 6 nitrogen and oxygen atoms in total. The van der Waals surface area contributed by atoms with Crippen LogP contribution in [0.15, 0.2) is 64.7 Å². The maximum atomic E-state index is 12.6. The second-order valence-corrected chi connectivity index (χ2v) is 9.75. The van der Waals surface area contributed by atoms with Crippen molar-refractivity contribution in [1.29, 1.82) is 0 Å². The number of nitrogens with zero attached hydrogens (tertiary/aromatic N) is 5. The van der Waals surface area contributed by atoms with Gasteiger partial charge in [-0.1, -0.05) is 62.0 Å². The Balaban J connectivity index is 1.43. The summed E-state index contributed by atoms with van der Waals surface area (Å²) in [6.45, 7) is 4.39. The normalized spacial score (nSPS) is 11.7. The van der Waals surface area contributed by atoms with Crippen LogP contribution in [-0.4, -0.2) is 24.1 Å². The van der Waals surface area contributed by atoms with Gasteiger partial charge >= 0.3 is 0 Å². The van der Waals surface area contributed by atoms with Gasteiger partial charge in [-0.15, -0.1) is 21.5 Å². The zero-order valence-electron chi connectivity index (χ0n) is 17.4. The van der Waals surface area contributed by atoms with Gasteiger partial charge in [-0.05, 0) is 23.6 Å². The zero-order valence-corrected chi connectivity index (χ0v) is 19.1. The van der Waals surface area contributed by atoms with Crippen molar-refractivity contribution in [3.8, 4) is 10.6 Å². The Hall–Kier alpha value is -2.97. The van der Waals surface area contributed by atoms with Gasteiger partial charge in [0.15, 0.2) is 5.16 Å². The van der Waals surface area contributed by atoms with E-state index in [0.29, 0.717) is 17.1 Å². The van der Waals surface area contributed by atoms with Crippen LogP contribution in [0, 0.1) is 0 Å². The Morgan fingerprint density at radius 2 is 1.84 bits per heavy atom. The monoisotopic (exact) mass is 447 g/mol. The maximum absolute atomic E-state index is 12.6. The van der Waals surface area contributed by atoms with Gasteiger partial charge in [-0.25, -0.2) is 4.98 Å². The summed E-state index contributed by atoms with van der Waals surface area (Å²) in [5, 5.41) is 11.1. The lowest BCUT2D eigenvalue weighted by atomic mass is 10.0. The van der Waals surface area contributed by atoms with E-state index in [9.17, 15) is 4.79 Å². The van der Waals surface area contributed by atoms with E-state index in [0.717, 1.165) is 27.0 Å². The highest BCUT2D eigenvalue weighted by Gasteiger charge is 2.15. The number of aromatic nitrogens is 5. The highest BCUT2D eigenvalue weighted by Crippen LogP contribution is 2.31. The third-order valence-corrected chi connectivity index (χ3v) is 7.52. The molecule has 5 rings (SSSR count). The third-order valence-electron chi connectivity index (χ3n) is 5.32. The first-order valence-corrected chi connectivity index (χ1v) is 11.8. The SMILES string of the molecule is CC(C)c1ccc(-c2ncc(CSc3nnc4n(C)c(=O)c5ccccc5n34)s2)cc1. The maximum Gasteiger partial charge on any atom is 0.262 e. The minimum absolute atomic E-state index is 0.0670. The van der Waals surface area contributed by atoms with Gasteiger partial charge in [-0.3, -0.25) is 13.8 Å². The van der Waals surface area contributed by atoms with Crippen molar-refractivity contribution in [2.75, 3.05) is 0 Å². The molecule has 0 bridgehead atoms. The first-order valence-electron chi connectivity index (χ1n) is 10.0. The number of fused-ring (bicyclic) bond motifs is 3. The number of hydrogen-bond acceptors (Lipinski definition) is 6. The van der Waals surface area contributed by atoms with Gasteiger partial charge in [-0.2, -0.15) is 0 Å². The van der Waals surface area contributed by atoms with Crippen molar-refractivity contribution in [3.63, 3.8) is 0 Å². The quantitative estimate of drug-likeness (QED) is 0.350. The highest BCUT2D eigenvalue weighted by molar-refractivity contribution is 7.98. The smallest absolute Gasteiger partial charge is 0.262 e. The van der Waals surface area contributed by atoms with Crippen LogP contribution in [0.2, 0.25) is 0 Å². The summed E-state index contributed by atoms with van der Waals surface area (Å²) in [7, 11) is 1.73. The summed E-state index contributed by atoms with van der Waals surface area (Å²) in [4.78, 5) is 18.4. The molecule has 0 unspecified atom stereocenters. The van der Waals surface area contributed by atoms with Crippen molar-refractivity contribution in [2.45, 2.75) is 30.7 Å². The second kappa shape index (κ2) is 7.94. The molecule has 3 heterocycles. The topological polar surface area (TPSA) is 65.1 Å². The van der Waals surface area contributed by atoms with Crippen molar-refractivity contribution >= 4 is 39.8 Å². The molecular weight excluding hydrogens is 426 g/mol. The molecule has 0 spiro atoms. The Labute approximate surface area is 187 Å². The summed E-state index contributed by atoms with van der Waals surface area (Å²) in [5.74, 6) is 1.80. The first kappa shape index (κ1) is 20.0. The van der Waals surface area contributed by atoms with Gasteiger partial charge in [0.1, 0.15) is 5.01 Å². The van der Waals surface area contributed by atoms with Crippen LogP contribution in [0.5, 0.6) is 0 Å². The minimum atomic E-state index is -0.0670. The van der Waals surface area contributed by atoms with E-state index in [4.69, 9.17) is 0 Å².